The molecule has 0 heterocycles. The SMILES string of the molecule is COc1c(C(C)(C)C)cc(C(=O)NC2(C(=O)NCc3ccc(S(C)(=O)=O)cc3)CCCCC2)cc1C(C)(C)C. The van der Waals surface area contributed by atoms with Crippen molar-refractivity contribution in [2.24, 2.45) is 0 Å². The fourth-order valence-electron chi connectivity index (χ4n) is 5.15. The quantitative estimate of drug-likeness (QED) is 0.473. The number of methoxy groups -OCH3 is 1. The van der Waals surface area contributed by atoms with Gasteiger partial charge in [0, 0.05) is 29.5 Å². The largest absolute Gasteiger partial charge is 0.496 e. The molecule has 39 heavy (non-hydrogen) atoms. The Kier molecular flexibility index (Phi) is 8.90. The first-order valence-corrected chi connectivity index (χ1v) is 15.5. The molecule has 1 saturated carbocycles. The Morgan fingerprint density at radius 3 is 1.85 bits per heavy atom. The number of carbonyl (C=O) groups is 2. The van der Waals surface area contributed by atoms with E-state index >= 15 is 0 Å². The zero-order valence-electron chi connectivity index (χ0n) is 24.7. The lowest BCUT2D eigenvalue weighted by Gasteiger charge is -2.37. The maximum atomic E-state index is 13.8. The van der Waals surface area contributed by atoms with E-state index in [9.17, 15) is 18.0 Å². The van der Waals surface area contributed by atoms with Crippen molar-refractivity contribution in [3.05, 3.63) is 58.7 Å². The second kappa shape index (κ2) is 11.3. The molecular formula is C31H44N2O5S. The molecule has 0 aliphatic heterocycles. The average molecular weight is 557 g/mol. The molecule has 0 aromatic heterocycles. The Balaban J connectivity index is 1.90. The summed E-state index contributed by atoms with van der Waals surface area (Å²) in [6.07, 6.45) is 5.00. The van der Waals surface area contributed by atoms with Crippen LogP contribution >= 0.6 is 0 Å². The van der Waals surface area contributed by atoms with Crippen LogP contribution in [0.3, 0.4) is 0 Å². The highest BCUT2D eigenvalue weighted by Gasteiger charge is 2.41. The first-order chi connectivity index (χ1) is 18.0. The third-order valence-electron chi connectivity index (χ3n) is 7.47. The van der Waals surface area contributed by atoms with Crippen molar-refractivity contribution >= 4 is 21.7 Å². The monoisotopic (exact) mass is 556 g/mol. The summed E-state index contributed by atoms with van der Waals surface area (Å²) in [5.74, 6) is 0.296. The van der Waals surface area contributed by atoms with Crippen LogP contribution in [0.25, 0.3) is 0 Å². The van der Waals surface area contributed by atoms with Crippen LogP contribution in [-0.4, -0.2) is 39.1 Å². The molecule has 0 saturated heterocycles. The Morgan fingerprint density at radius 1 is 0.897 bits per heavy atom. The van der Waals surface area contributed by atoms with Crippen LogP contribution in [0.2, 0.25) is 0 Å². The van der Waals surface area contributed by atoms with Crippen molar-refractivity contribution < 1.29 is 22.7 Å². The summed E-state index contributed by atoms with van der Waals surface area (Å²) in [6, 6.07) is 10.3. The maximum Gasteiger partial charge on any atom is 0.252 e. The molecule has 0 unspecified atom stereocenters. The number of hydrogen-bond donors (Lipinski definition) is 2. The van der Waals surface area contributed by atoms with E-state index in [2.05, 4.69) is 52.2 Å². The van der Waals surface area contributed by atoms with Crippen LogP contribution in [-0.2, 0) is 32.0 Å². The zero-order valence-corrected chi connectivity index (χ0v) is 25.5. The Labute approximate surface area is 234 Å². The Bertz CT molecular complexity index is 1280. The van der Waals surface area contributed by atoms with Crippen LogP contribution in [0.5, 0.6) is 5.75 Å². The van der Waals surface area contributed by atoms with Gasteiger partial charge in [-0.3, -0.25) is 9.59 Å². The number of amides is 2. The van der Waals surface area contributed by atoms with Crippen molar-refractivity contribution in [3.63, 3.8) is 0 Å². The predicted molar refractivity (Wildman–Crippen MR) is 155 cm³/mol. The first-order valence-electron chi connectivity index (χ1n) is 13.6. The lowest BCUT2D eigenvalue weighted by atomic mass is 9.77. The molecule has 8 heteroatoms. The van der Waals surface area contributed by atoms with Gasteiger partial charge in [0.05, 0.1) is 12.0 Å². The molecule has 1 aliphatic carbocycles. The summed E-state index contributed by atoms with van der Waals surface area (Å²) >= 11 is 0. The highest BCUT2D eigenvalue weighted by atomic mass is 32.2. The highest BCUT2D eigenvalue weighted by molar-refractivity contribution is 7.90. The van der Waals surface area contributed by atoms with E-state index in [1.54, 1.807) is 19.2 Å². The lowest BCUT2D eigenvalue weighted by Crippen LogP contribution is -2.59. The summed E-state index contributed by atoms with van der Waals surface area (Å²) < 4.78 is 29.3. The lowest BCUT2D eigenvalue weighted by molar-refractivity contribution is -0.128. The first kappa shape index (κ1) is 30.7. The molecule has 0 spiro atoms. The van der Waals surface area contributed by atoms with Gasteiger partial charge in [-0.1, -0.05) is 72.9 Å². The third-order valence-corrected chi connectivity index (χ3v) is 8.60. The van der Waals surface area contributed by atoms with Crippen molar-refractivity contribution in [2.75, 3.05) is 13.4 Å². The minimum absolute atomic E-state index is 0.219. The molecule has 3 rings (SSSR count). The summed E-state index contributed by atoms with van der Waals surface area (Å²) in [5, 5.41) is 6.13. The number of rotatable bonds is 7. The van der Waals surface area contributed by atoms with Crippen LogP contribution in [0, 0.1) is 0 Å². The van der Waals surface area contributed by atoms with Gasteiger partial charge in [0.15, 0.2) is 9.84 Å². The van der Waals surface area contributed by atoms with Gasteiger partial charge in [-0.05, 0) is 53.5 Å². The molecule has 2 aromatic rings. The van der Waals surface area contributed by atoms with E-state index in [-0.39, 0.29) is 34.1 Å². The second-order valence-corrected chi connectivity index (χ2v) is 14.8. The number of benzene rings is 2. The topological polar surface area (TPSA) is 102 Å². The van der Waals surface area contributed by atoms with Gasteiger partial charge in [0.2, 0.25) is 5.91 Å². The number of nitrogens with one attached hydrogen (secondary N) is 2. The Morgan fingerprint density at radius 2 is 1.41 bits per heavy atom. The van der Waals surface area contributed by atoms with Gasteiger partial charge in [0.25, 0.3) is 5.91 Å². The van der Waals surface area contributed by atoms with Gasteiger partial charge in [-0.15, -0.1) is 0 Å². The summed E-state index contributed by atoms with van der Waals surface area (Å²) in [6.45, 7) is 12.8. The molecule has 1 aliphatic rings. The van der Waals surface area contributed by atoms with Crippen molar-refractivity contribution in [3.8, 4) is 5.75 Å². The smallest absolute Gasteiger partial charge is 0.252 e. The Hall–Kier alpha value is -2.87. The fourth-order valence-corrected chi connectivity index (χ4v) is 5.78. The van der Waals surface area contributed by atoms with Gasteiger partial charge >= 0.3 is 0 Å². The zero-order chi connectivity index (χ0) is 29.2. The number of carbonyl (C=O) groups excluding carboxylic acids is 2. The fraction of sp³-hybridized carbons (Fsp3) is 0.548. The van der Waals surface area contributed by atoms with Crippen LogP contribution in [0.1, 0.15) is 101 Å². The molecule has 1 fully saturated rings. The maximum absolute atomic E-state index is 13.8. The van der Waals surface area contributed by atoms with Crippen LogP contribution < -0.4 is 15.4 Å². The van der Waals surface area contributed by atoms with E-state index in [4.69, 9.17) is 4.74 Å². The standard InChI is InChI=1S/C31H44N2O5S/c1-29(2,3)24-18-22(19-25(26(24)38-7)30(4,5)6)27(34)33-31(16-10-9-11-17-31)28(35)32-20-21-12-14-23(15-13-21)39(8,36)37/h12-15,18-19H,9-11,16-17,20H2,1-8H3,(H,32,35)(H,33,34). The minimum atomic E-state index is -3.29. The van der Waals surface area contributed by atoms with Crippen LogP contribution in [0.4, 0.5) is 0 Å². The van der Waals surface area contributed by atoms with Gasteiger partial charge in [-0.2, -0.15) is 0 Å². The normalized spacial score (nSPS) is 15.9. The molecule has 0 radical (unpaired) electrons. The van der Waals surface area contributed by atoms with E-state index in [0.29, 0.717) is 18.4 Å². The molecule has 2 N–H and O–H groups in total. The second-order valence-electron chi connectivity index (χ2n) is 12.8. The third kappa shape index (κ3) is 7.21. The number of hydrogen-bond acceptors (Lipinski definition) is 5. The average Bonchev–Trinajstić information content (AvgIpc) is 2.85. The predicted octanol–water partition coefficient (Wildman–Crippen LogP) is 5.44. The van der Waals surface area contributed by atoms with Crippen molar-refractivity contribution in [1.29, 1.82) is 0 Å². The minimum Gasteiger partial charge on any atom is -0.496 e. The van der Waals surface area contributed by atoms with E-state index in [1.807, 2.05) is 12.1 Å². The van der Waals surface area contributed by atoms with Gasteiger partial charge in [-0.25, -0.2) is 8.42 Å². The molecule has 0 atom stereocenters. The number of sulfone groups is 1. The number of ether oxygens (including phenoxy) is 1. The molecule has 0 bridgehead atoms. The van der Waals surface area contributed by atoms with Crippen molar-refractivity contribution in [1.82, 2.24) is 10.6 Å². The molecule has 7 nitrogen and oxygen atoms in total. The van der Waals surface area contributed by atoms with E-state index in [1.165, 1.54) is 12.1 Å². The molecular weight excluding hydrogens is 512 g/mol. The summed E-state index contributed by atoms with van der Waals surface area (Å²) in [5.41, 5.74) is 1.67. The molecule has 2 aromatic carbocycles. The summed E-state index contributed by atoms with van der Waals surface area (Å²) in [4.78, 5) is 27.6. The van der Waals surface area contributed by atoms with Crippen LogP contribution in [0.15, 0.2) is 41.3 Å². The van der Waals surface area contributed by atoms with E-state index in [0.717, 1.165) is 48.0 Å². The van der Waals surface area contributed by atoms with Gasteiger partial charge < -0.3 is 15.4 Å². The van der Waals surface area contributed by atoms with E-state index < -0.39 is 15.4 Å². The van der Waals surface area contributed by atoms with Crippen molar-refractivity contribution in [2.45, 2.75) is 101 Å². The van der Waals surface area contributed by atoms with Gasteiger partial charge in [0.1, 0.15) is 11.3 Å². The highest BCUT2D eigenvalue weighted by Crippen LogP contribution is 2.41. The molecule has 214 valence electrons. The summed E-state index contributed by atoms with van der Waals surface area (Å²) in [7, 11) is -1.63. The molecule has 2 amide bonds.